The molecule has 0 saturated carbocycles. The van der Waals surface area contributed by atoms with Gasteiger partial charge in [-0.25, -0.2) is 4.79 Å². The van der Waals surface area contributed by atoms with Crippen LogP contribution in [0.4, 0.5) is 10.5 Å². The van der Waals surface area contributed by atoms with Crippen LogP contribution >= 0.6 is 0 Å². The van der Waals surface area contributed by atoms with E-state index in [0.717, 1.165) is 56.8 Å². The molecule has 3 aliphatic heterocycles. The molecule has 1 aromatic carbocycles. The number of piperidine rings is 1. The number of nitrogens with zero attached hydrogens (tertiary/aromatic N) is 5. The molecule has 0 unspecified atom stereocenters. The molecule has 39 heavy (non-hydrogen) atoms. The Kier molecular flexibility index (Phi) is 8.09. The Balaban J connectivity index is 1.08. The molecule has 1 aromatic heterocycles. The second kappa shape index (κ2) is 11.5. The van der Waals surface area contributed by atoms with Crippen LogP contribution in [-0.4, -0.2) is 93.8 Å². The average Bonchev–Trinajstić information content (AvgIpc) is 3.27. The zero-order valence-corrected chi connectivity index (χ0v) is 23.1. The molecule has 210 valence electrons. The lowest BCUT2D eigenvalue weighted by Crippen LogP contribution is -2.43. The van der Waals surface area contributed by atoms with Crippen molar-refractivity contribution in [2.45, 2.75) is 52.3 Å². The number of hydrogen-bond donors (Lipinski definition) is 2. The number of rotatable bonds is 9. The molecule has 2 saturated heterocycles. The van der Waals surface area contributed by atoms with Crippen molar-refractivity contribution in [1.82, 2.24) is 19.7 Å². The van der Waals surface area contributed by atoms with Gasteiger partial charge < -0.3 is 24.9 Å². The highest BCUT2D eigenvalue weighted by Gasteiger charge is 2.38. The lowest BCUT2D eigenvalue weighted by Gasteiger charge is -2.39. The zero-order valence-electron chi connectivity index (χ0n) is 23.1. The van der Waals surface area contributed by atoms with Crippen molar-refractivity contribution in [2.75, 3.05) is 50.7 Å². The maximum Gasteiger partial charge on any atom is 0.320 e. The van der Waals surface area contributed by atoms with Crippen LogP contribution in [0.25, 0.3) is 0 Å². The van der Waals surface area contributed by atoms with Gasteiger partial charge in [-0.05, 0) is 62.3 Å². The number of pyridine rings is 1. The van der Waals surface area contributed by atoms with Crippen molar-refractivity contribution in [2.24, 2.45) is 11.3 Å². The number of benzene rings is 1. The predicted octanol–water partition coefficient (Wildman–Crippen LogP) is 3.07. The van der Waals surface area contributed by atoms with E-state index in [4.69, 9.17) is 0 Å². The zero-order chi connectivity index (χ0) is 27.6. The molecule has 0 spiro atoms. The third-order valence-electron chi connectivity index (χ3n) is 8.88. The molecule has 3 aliphatic rings. The van der Waals surface area contributed by atoms with Gasteiger partial charge in [0.2, 0.25) is 0 Å². The van der Waals surface area contributed by atoms with Gasteiger partial charge in [-0.1, -0.05) is 24.3 Å². The Hall–Kier alpha value is -3.17. The molecule has 5 rings (SSSR count). The number of β-amino-alcohol motifs (C(OH)–C–C–N with tert-alkyl or cyclic N) is 1. The number of urea groups is 1. The number of anilines is 1. The first-order valence-corrected chi connectivity index (χ1v) is 14.1. The molecular formula is C30H41N5O4. The predicted molar refractivity (Wildman–Crippen MR) is 149 cm³/mol. The fraction of sp³-hybridized carbons (Fsp3) is 0.567. The van der Waals surface area contributed by atoms with E-state index < -0.39 is 17.5 Å². The average molecular weight is 536 g/mol. The van der Waals surface area contributed by atoms with Crippen LogP contribution in [0.2, 0.25) is 0 Å². The third kappa shape index (κ3) is 6.20. The molecule has 2 fully saturated rings. The molecule has 4 heterocycles. The van der Waals surface area contributed by atoms with Gasteiger partial charge in [0.15, 0.2) is 0 Å². The van der Waals surface area contributed by atoms with Crippen LogP contribution in [-0.2, 0) is 24.3 Å². The molecule has 9 nitrogen and oxygen atoms in total. The molecule has 1 atom stereocenters. The van der Waals surface area contributed by atoms with Crippen molar-refractivity contribution in [3.8, 4) is 0 Å². The lowest BCUT2D eigenvalue weighted by molar-refractivity contribution is -0.150. The summed E-state index contributed by atoms with van der Waals surface area (Å²) in [5, 5.41) is 20.3. The Morgan fingerprint density at radius 2 is 1.72 bits per heavy atom. The number of aromatic nitrogens is 1. The van der Waals surface area contributed by atoms with Gasteiger partial charge in [0.05, 0.1) is 35.6 Å². The maximum absolute atomic E-state index is 13.0. The Morgan fingerprint density at radius 3 is 2.41 bits per heavy atom. The lowest BCUT2D eigenvalue weighted by atomic mass is 9.73. The van der Waals surface area contributed by atoms with Gasteiger partial charge in [-0.2, -0.15) is 0 Å². The van der Waals surface area contributed by atoms with E-state index in [1.807, 2.05) is 32.2 Å². The Morgan fingerprint density at radius 1 is 1.00 bits per heavy atom. The minimum atomic E-state index is -0.732. The summed E-state index contributed by atoms with van der Waals surface area (Å²) in [6.07, 6.45) is 3.96. The summed E-state index contributed by atoms with van der Waals surface area (Å²) in [6, 6.07) is 12.4. The highest BCUT2D eigenvalue weighted by atomic mass is 16.4. The van der Waals surface area contributed by atoms with Crippen LogP contribution in [0, 0.1) is 11.3 Å². The van der Waals surface area contributed by atoms with Gasteiger partial charge >= 0.3 is 12.0 Å². The SMILES string of the molecule is CC(C)(C(=O)O)C1CCN(c2ccc(CN3CCN(C[C@H](O)CN4CCc5ccccc5C4)C3=O)nc2)CC1. The van der Waals surface area contributed by atoms with Gasteiger partial charge in [0.1, 0.15) is 0 Å². The van der Waals surface area contributed by atoms with Gasteiger partial charge in [-0.3, -0.25) is 14.7 Å². The number of aliphatic hydroxyl groups is 1. The quantitative estimate of drug-likeness (QED) is 0.509. The first-order chi connectivity index (χ1) is 18.7. The van der Waals surface area contributed by atoms with E-state index in [2.05, 4.69) is 39.0 Å². The number of carbonyl (C=O) groups excluding carboxylic acids is 1. The largest absolute Gasteiger partial charge is 0.481 e. The minimum absolute atomic E-state index is 0.0490. The smallest absolute Gasteiger partial charge is 0.320 e. The highest BCUT2D eigenvalue weighted by Crippen LogP contribution is 2.36. The number of carbonyl (C=O) groups is 2. The summed E-state index contributed by atoms with van der Waals surface area (Å²) in [5.74, 6) is -0.567. The van der Waals surface area contributed by atoms with Crippen LogP contribution < -0.4 is 4.90 Å². The molecule has 2 N–H and O–H groups in total. The summed E-state index contributed by atoms with van der Waals surface area (Å²) in [5.41, 5.74) is 3.87. The molecule has 0 radical (unpaired) electrons. The summed E-state index contributed by atoms with van der Waals surface area (Å²) in [7, 11) is 0. The van der Waals surface area contributed by atoms with E-state index in [0.29, 0.717) is 32.7 Å². The number of fused-ring (bicyclic) bond motifs is 1. The molecule has 0 aliphatic carbocycles. The third-order valence-corrected chi connectivity index (χ3v) is 8.88. The Labute approximate surface area is 231 Å². The fourth-order valence-corrected chi connectivity index (χ4v) is 6.20. The van der Waals surface area contributed by atoms with Crippen LogP contribution in [0.1, 0.15) is 43.5 Å². The van der Waals surface area contributed by atoms with Crippen LogP contribution in [0.5, 0.6) is 0 Å². The van der Waals surface area contributed by atoms with E-state index in [1.165, 1.54) is 11.1 Å². The minimum Gasteiger partial charge on any atom is -0.481 e. The standard InChI is InChI=1S/C30H41N5O4/c1-30(2,28(37)38)24-10-13-33(14-11-24)26-8-7-25(31-17-26)19-34-15-16-35(29(34)39)21-27(36)20-32-12-9-22-5-3-4-6-23(22)18-32/h3-8,17,24,27,36H,9-16,18-21H2,1-2H3,(H,37,38)/t27-/m1/s1. The molecule has 2 amide bonds. The second-order valence-corrected chi connectivity index (χ2v) is 11.9. The van der Waals surface area contributed by atoms with E-state index in [1.54, 1.807) is 9.80 Å². The maximum atomic E-state index is 13.0. The molecule has 9 heteroatoms. The normalized spacial score (nSPS) is 19.9. The number of hydrogen-bond acceptors (Lipinski definition) is 6. The van der Waals surface area contributed by atoms with Gasteiger partial charge in [-0.15, -0.1) is 0 Å². The van der Waals surface area contributed by atoms with Gasteiger partial charge in [0, 0.05) is 52.4 Å². The van der Waals surface area contributed by atoms with Crippen molar-refractivity contribution in [3.05, 3.63) is 59.4 Å². The van der Waals surface area contributed by atoms with Crippen LogP contribution in [0.15, 0.2) is 42.6 Å². The van der Waals surface area contributed by atoms with Gasteiger partial charge in [0.25, 0.3) is 0 Å². The number of amides is 2. The van der Waals surface area contributed by atoms with E-state index in [-0.39, 0.29) is 11.9 Å². The van der Waals surface area contributed by atoms with Crippen molar-refractivity contribution in [3.63, 3.8) is 0 Å². The van der Waals surface area contributed by atoms with Crippen molar-refractivity contribution >= 4 is 17.7 Å². The van der Waals surface area contributed by atoms with Crippen molar-refractivity contribution < 1.29 is 19.8 Å². The van der Waals surface area contributed by atoms with Crippen molar-refractivity contribution in [1.29, 1.82) is 0 Å². The van der Waals surface area contributed by atoms with E-state index in [9.17, 15) is 19.8 Å². The number of aliphatic carboxylic acids is 1. The number of carboxylic acids is 1. The summed E-state index contributed by atoms with van der Waals surface area (Å²) in [6.45, 7) is 9.62. The summed E-state index contributed by atoms with van der Waals surface area (Å²) >= 11 is 0. The highest BCUT2D eigenvalue weighted by molar-refractivity contribution is 5.76. The summed E-state index contributed by atoms with van der Waals surface area (Å²) < 4.78 is 0. The van der Waals surface area contributed by atoms with E-state index >= 15 is 0 Å². The number of carboxylic acid groups (broad SMARTS) is 1. The van der Waals surface area contributed by atoms with Crippen LogP contribution in [0.3, 0.4) is 0 Å². The fourth-order valence-electron chi connectivity index (χ4n) is 6.20. The number of aliphatic hydroxyl groups excluding tert-OH is 1. The molecular weight excluding hydrogens is 494 g/mol. The second-order valence-electron chi connectivity index (χ2n) is 11.9. The first-order valence-electron chi connectivity index (χ1n) is 14.1. The monoisotopic (exact) mass is 535 g/mol. The molecule has 0 bridgehead atoms. The first kappa shape index (κ1) is 27.4. The Bertz CT molecular complexity index is 1160. The molecule has 2 aromatic rings. The summed E-state index contributed by atoms with van der Waals surface area (Å²) in [4.78, 5) is 37.3. The topological polar surface area (TPSA) is 100 Å².